The maximum absolute atomic E-state index is 12.7. The Bertz CT molecular complexity index is 274. The molecule has 0 aromatic heterocycles. The van der Waals surface area contributed by atoms with Gasteiger partial charge in [-0.3, -0.25) is 4.79 Å². The van der Waals surface area contributed by atoms with Gasteiger partial charge in [-0.05, 0) is 26.2 Å². The first-order chi connectivity index (χ1) is 8.52. The van der Waals surface area contributed by atoms with Crippen LogP contribution in [0.1, 0.15) is 47.0 Å². The minimum Gasteiger partial charge on any atom is -0.372 e. The van der Waals surface area contributed by atoms with Gasteiger partial charge in [-0.25, -0.2) is 0 Å². The van der Waals surface area contributed by atoms with E-state index in [1.54, 1.807) is 0 Å². The van der Waals surface area contributed by atoms with E-state index in [1.807, 2.05) is 11.8 Å². The van der Waals surface area contributed by atoms with E-state index in [1.165, 1.54) is 0 Å². The molecule has 0 aromatic carbocycles. The molecule has 0 aromatic rings. The van der Waals surface area contributed by atoms with Crippen LogP contribution in [0.25, 0.3) is 0 Å². The van der Waals surface area contributed by atoms with Crippen molar-refractivity contribution in [1.29, 1.82) is 0 Å². The Labute approximate surface area is 123 Å². The summed E-state index contributed by atoms with van der Waals surface area (Å²) in [6, 6.07) is 0. The Morgan fingerprint density at radius 3 is 2.32 bits per heavy atom. The molecule has 1 heterocycles. The second-order valence-corrected chi connectivity index (χ2v) is 5.38. The van der Waals surface area contributed by atoms with Crippen molar-refractivity contribution >= 4 is 18.3 Å². The summed E-state index contributed by atoms with van der Waals surface area (Å²) in [4.78, 5) is 14.7. The van der Waals surface area contributed by atoms with Crippen molar-refractivity contribution in [2.24, 2.45) is 11.1 Å². The highest BCUT2D eigenvalue weighted by molar-refractivity contribution is 5.85. The minimum absolute atomic E-state index is 0. The summed E-state index contributed by atoms with van der Waals surface area (Å²) in [6.07, 6.45) is 2.85. The molecule has 2 atom stereocenters. The van der Waals surface area contributed by atoms with E-state index < -0.39 is 0 Å². The number of rotatable bonds is 5. The fourth-order valence-corrected chi connectivity index (χ4v) is 2.70. The van der Waals surface area contributed by atoms with Gasteiger partial charge in [0.15, 0.2) is 0 Å². The summed E-state index contributed by atoms with van der Waals surface area (Å²) >= 11 is 0. The molecule has 0 spiro atoms. The number of morpholine rings is 1. The van der Waals surface area contributed by atoms with Gasteiger partial charge in [-0.15, -0.1) is 12.4 Å². The average Bonchev–Trinajstić information content (AvgIpc) is 2.40. The Kier molecular flexibility index (Phi) is 7.94. The number of carbonyl (C=O) groups excluding carboxylic acids is 1. The summed E-state index contributed by atoms with van der Waals surface area (Å²) in [5.41, 5.74) is 5.48. The highest BCUT2D eigenvalue weighted by atomic mass is 35.5. The second-order valence-electron chi connectivity index (χ2n) is 5.38. The van der Waals surface area contributed by atoms with E-state index in [-0.39, 0.29) is 35.9 Å². The van der Waals surface area contributed by atoms with E-state index in [2.05, 4.69) is 20.8 Å². The fourth-order valence-electron chi connectivity index (χ4n) is 2.70. The monoisotopic (exact) mass is 292 g/mol. The number of nitrogens with zero attached hydrogens (tertiary/aromatic N) is 1. The smallest absolute Gasteiger partial charge is 0.230 e. The quantitative estimate of drug-likeness (QED) is 0.845. The zero-order valence-corrected chi connectivity index (χ0v) is 13.5. The normalized spacial score (nSPS) is 23.9. The zero-order valence-electron chi connectivity index (χ0n) is 12.6. The van der Waals surface area contributed by atoms with Crippen molar-refractivity contribution in [3.8, 4) is 0 Å². The second kappa shape index (κ2) is 8.08. The van der Waals surface area contributed by atoms with Crippen LogP contribution in [0.2, 0.25) is 0 Å². The molecule has 0 saturated carbocycles. The molecule has 0 bridgehead atoms. The van der Waals surface area contributed by atoms with Crippen molar-refractivity contribution < 1.29 is 9.53 Å². The van der Waals surface area contributed by atoms with Crippen LogP contribution in [0.15, 0.2) is 0 Å². The molecule has 0 radical (unpaired) electrons. The van der Waals surface area contributed by atoms with Crippen LogP contribution in [0.3, 0.4) is 0 Å². The summed E-state index contributed by atoms with van der Waals surface area (Å²) in [6.45, 7) is 10.1. The molecular formula is C14H29ClN2O2. The SMILES string of the molecule is CCC1CN(C(=O)C(CC)(CC)CN)CC(C)O1.Cl. The lowest BCUT2D eigenvalue weighted by atomic mass is 9.80. The van der Waals surface area contributed by atoms with Crippen LogP contribution in [-0.2, 0) is 9.53 Å². The molecule has 19 heavy (non-hydrogen) atoms. The third kappa shape index (κ3) is 4.07. The van der Waals surface area contributed by atoms with E-state index >= 15 is 0 Å². The van der Waals surface area contributed by atoms with Gasteiger partial charge < -0.3 is 15.4 Å². The van der Waals surface area contributed by atoms with E-state index in [0.29, 0.717) is 19.6 Å². The molecule has 5 heteroatoms. The van der Waals surface area contributed by atoms with Gasteiger partial charge in [0.25, 0.3) is 0 Å². The first-order valence-electron chi connectivity index (χ1n) is 7.17. The van der Waals surface area contributed by atoms with Gasteiger partial charge in [-0.2, -0.15) is 0 Å². The average molecular weight is 293 g/mol. The standard InChI is InChI=1S/C14H28N2O2.ClH/c1-5-12-9-16(8-11(4)18-12)13(17)14(6-2,7-3)10-15;/h11-12H,5-10,15H2,1-4H3;1H. The summed E-state index contributed by atoms with van der Waals surface area (Å²) in [5.74, 6) is 0.212. The van der Waals surface area contributed by atoms with Gasteiger partial charge in [-0.1, -0.05) is 20.8 Å². The summed E-state index contributed by atoms with van der Waals surface area (Å²) in [7, 11) is 0. The number of amides is 1. The molecule has 114 valence electrons. The van der Waals surface area contributed by atoms with Crippen molar-refractivity contribution in [1.82, 2.24) is 4.90 Å². The van der Waals surface area contributed by atoms with Crippen molar-refractivity contribution in [2.45, 2.75) is 59.2 Å². The summed E-state index contributed by atoms with van der Waals surface area (Å²) in [5, 5.41) is 0. The number of hydrogen-bond donors (Lipinski definition) is 1. The third-order valence-corrected chi connectivity index (χ3v) is 4.27. The van der Waals surface area contributed by atoms with Crippen LogP contribution in [0.5, 0.6) is 0 Å². The molecule has 1 fully saturated rings. The lowest BCUT2D eigenvalue weighted by Gasteiger charge is -2.41. The number of carbonyl (C=O) groups is 1. The van der Waals surface area contributed by atoms with Crippen LogP contribution in [-0.4, -0.2) is 42.6 Å². The van der Waals surface area contributed by atoms with Gasteiger partial charge in [0.05, 0.1) is 17.6 Å². The molecule has 1 aliphatic heterocycles. The number of halogens is 1. The fraction of sp³-hybridized carbons (Fsp3) is 0.929. The van der Waals surface area contributed by atoms with Crippen molar-refractivity contribution in [3.63, 3.8) is 0 Å². The Morgan fingerprint density at radius 1 is 1.32 bits per heavy atom. The first kappa shape index (κ1) is 18.7. The maximum atomic E-state index is 12.7. The molecule has 1 aliphatic rings. The van der Waals surface area contributed by atoms with E-state index in [4.69, 9.17) is 10.5 Å². The molecule has 1 saturated heterocycles. The maximum Gasteiger partial charge on any atom is 0.230 e. The van der Waals surface area contributed by atoms with Gasteiger partial charge >= 0.3 is 0 Å². The lowest BCUT2D eigenvalue weighted by Crippen LogP contribution is -2.55. The third-order valence-electron chi connectivity index (χ3n) is 4.27. The predicted molar refractivity (Wildman–Crippen MR) is 80.5 cm³/mol. The van der Waals surface area contributed by atoms with Gasteiger partial charge in [0.1, 0.15) is 0 Å². The molecule has 4 nitrogen and oxygen atoms in total. The lowest BCUT2D eigenvalue weighted by molar-refractivity contribution is -0.155. The van der Waals surface area contributed by atoms with Crippen molar-refractivity contribution in [2.75, 3.05) is 19.6 Å². The Morgan fingerprint density at radius 2 is 1.89 bits per heavy atom. The first-order valence-corrected chi connectivity index (χ1v) is 7.17. The molecule has 2 N–H and O–H groups in total. The van der Waals surface area contributed by atoms with Crippen LogP contribution in [0.4, 0.5) is 0 Å². The molecular weight excluding hydrogens is 264 g/mol. The topological polar surface area (TPSA) is 55.6 Å². The van der Waals surface area contributed by atoms with Crippen LogP contribution < -0.4 is 5.73 Å². The molecule has 2 unspecified atom stereocenters. The summed E-state index contributed by atoms with van der Waals surface area (Å²) < 4.78 is 5.80. The highest BCUT2D eigenvalue weighted by Crippen LogP contribution is 2.29. The Hall–Kier alpha value is -0.320. The van der Waals surface area contributed by atoms with Crippen LogP contribution >= 0.6 is 12.4 Å². The van der Waals surface area contributed by atoms with E-state index in [9.17, 15) is 4.79 Å². The molecule has 0 aliphatic carbocycles. The number of nitrogens with two attached hydrogens (primary N) is 1. The van der Waals surface area contributed by atoms with Gasteiger partial charge in [0.2, 0.25) is 5.91 Å². The van der Waals surface area contributed by atoms with Gasteiger partial charge in [0, 0.05) is 19.6 Å². The zero-order chi connectivity index (χ0) is 13.8. The van der Waals surface area contributed by atoms with E-state index in [0.717, 1.165) is 19.3 Å². The minimum atomic E-state index is -0.380. The highest BCUT2D eigenvalue weighted by Gasteiger charge is 2.39. The molecule has 1 amide bonds. The van der Waals surface area contributed by atoms with Crippen molar-refractivity contribution in [3.05, 3.63) is 0 Å². The predicted octanol–water partition coefficient (Wildman–Crippen LogP) is 2.20. The molecule has 1 rings (SSSR count). The largest absolute Gasteiger partial charge is 0.372 e. The van der Waals surface area contributed by atoms with Crippen LogP contribution in [0, 0.1) is 5.41 Å². The number of hydrogen-bond acceptors (Lipinski definition) is 3. The Balaban J connectivity index is 0.00000324. The number of ether oxygens (including phenoxy) is 1.